The van der Waals surface area contributed by atoms with Gasteiger partial charge in [-0.05, 0) is 36.8 Å². The second-order valence-corrected chi connectivity index (χ2v) is 6.65. The molecule has 0 unspecified atom stereocenters. The van der Waals surface area contributed by atoms with Crippen molar-refractivity contribution in [3.8, 4) is 11.5 Å². The summed E-state index contributed by atoms with van der Waals surface area (Å²) in [5.74, 6) is 0.924. The topological polar surface area (TPSA) is 95.6 Å². The van der Waals surface area contributed by atoms with E-state index in [1.54, 1.807) is 25.3 Å². The molecule has 30 heavy (non-hydrogen) atoms. The monoisotopic (exact) mass is 407 g/mol. The molecule has 0 aliphatic rings. The number of amides is 1. The lowest BCUT2D eigenvalue weighted by molar-refractivity contribution is -0.121. The molecule has 0 radical (unpaired) electrons. The molecule has 4 aromatic rings. The number of methoxy groups -OCH3 is 1. The van der Waals surface area contributed by atoms with Crippen LogP contribution in [0, 0.1) is 0 Å². The quantitative estimate of drug-likeness (QED) is 0.506. The maximum Gasteiger partial charge on any atom is 0.297 e. The Hall–Kier alpha value is -3.81. The molecule has 0 aliphatic heterocycles. The molecule has 4 rings (SSSR count). The van der Waals surface area contributed by atoms with Crippen LogP contribution >= 0.6 is 0 Å². The summed E-state index contributed by atoms with van der Waals surface area (Å²) in [6.45, 7) is 2.56. The van der Waals surface area contributed by atoms with E-state index in [1.807, 2.05) is 31.2 Å². The van der Waals surface area contributed by atoms with Crippen molar-refractivity contribution in [3.05, 3.63) is 64.7 Å². The molecule has 1 amide bonds. The number of nitrogens with one attached hydrogen (secondary N) is 1. The number of fused-ring (bicyclic) bond motifs is 3. The molecular weight excluding hydrogens is 386 g/mol. The third kappa shape index (κ3) is 3.71. The van der Waals surface area contributed by atoms with Crippen LogP contribution in [0.15, 0.2) is 58.0 Å². The van der Waals surface area contributed by atoms with Gasteiger partial charge in [-0.3, -0.25) is 14.2 Å². The lowest BCUT2D eigenvalue weighted by Crippen LogP contribution is -2.32. The van der Waals surface area contributed by atoms with E-state index in [0.29, 0.717) is 29.2 Å². The zero-order valence-corrected chi connectivity index (χ0v) is 16.7. The lowest BCUT2D eigenvalue weighted by Gasteiger charge is -2.12. The number of ether oxygens (including phenoxy) is 2. The zero-order valence-electron chi connectivity index (χ0n) is 16.7. The molecule has 0 saturated heterocycles. The molecule has 2 aromatic heterocycles. The van der Waals surface area contributed by atoms with E-state index in [1.165, 1.54) is 10.9 Å². The van der Waals surface area contributed by atoms with Gasteiger partial charge in [-0.1, -0.05) is 18.2 Å². The Balaban J connectivity index is 1.48. The maximum absolute atomic E-state index is 12.7. The van der Waals surface area contributed by atoms with E-state index in [4.69, 9.17) is 13.9 Å². The van der Waals surface area contributed by atoms with Gasteiger partial charge in [-0.2, -0.15) is 0 Å². The van der Waals surface area contributed by atoms with Crippen LogP contribution in [0.3, 0.4) is 0 Å². The molecule has 8 nitrogen and oxygen atoms in total. The first kappa shape index (κ1) is 19.5. The SMILES string of the molecule is CCOc1ccc(CNC(=O)Cn2cnc3c(oc4ccccc43)c2=O)cc1OC. The van der Waals surface area contributed by atoms with E-state index in [0.717, 1.165) is 10.9 Å². The van der Waals surface area contributed by atoms with Crippen LogP contribution in [-0.2, 0) is 17.9 Å². The smallest absolute Gasteiger partial charge is 0.297 e. The first-order chi connectivity index (χ1) is 14.6. The average Bonchev–Trinajstić information content (AvgIpc) is 3.15. The minimum atomic E-state index is -0.394. The van der Waals surface area contributed by atoms with Gasteiger partial charge in [-0.15, -0.1) is 0 Å². The van der Waals surface area contributed by atoms with Gasteiger partial charge in [-0.25, -0.2) is 4.98 Å². The number of hydrogen-bond acceptors (Lipinski definition) is 6. The van der Waals surface area contributed by atoms with Crippen LogP contribution in [0.5, 0.6) is 11.5 Å². The number of carbonyl (C=O) groups is 1. The third-order valence-corrected chi connectivity index (χ3v) is 4.68. The number of nitrogens with zero attached hydrogens (tertiary/aromatic N) is 2. The summed E-state index contributed by atoms with van der Waals surface area (Å²) >= 11 is 0. The van der Waals surface area contributed by atoms with E-state index < -0.39 is 5.56 Å². The molecule has 2 aromatic carbocycles. The number of furan rings is 1. The first-order valence-corrected chi connectivity index (χ1v) is 9.53. The summed E-state index contributed by atoms with van der Waals surface area (Å²) in [5.41, 5.74) is 1.68. The second-order valence-electron chi connectivity index (χ2n) is 6.65. The van der Waals surface area contributed by atoms with Crippen LogP contribution in [0.1, 0.15) is 12.5 Å². The van der Waals surface area contributed by atoms with Crippen molar-refractivity contribution >= 4 is 28.0 Å². The van der Waals surface area contributed by atoms with Crippen molar-refractivity contribution in [1.29, 1.82) is 0 Å². The summed E-state index contributed by atoms with van der Waals surface area (Å²) in [6.07, 6.45) is 1.37. The lowest BCUT2D eigenvalue weighted by atomic mass is 10.2. The summed E-state index contributed by atoms with van der Waals surface area (Å²) < 4.78 is 17.7. The number of carbonyl (C=O) groups excluding carboxylic acids is 1. The fourth-order valence-electron chi connectivity index (χ4n) is 3.24. The van der Waals surface area contributed by atoms with Crippen LogP contribution in [0.4, 0.5) is 0 Å². The van der Waals surface area contributed by atoms with Crippen molar-refractivity contribution in [2.45, 2.75) is 20.0 Å². The van der Waals surface area contributed by atoms with Gasteiger partial charge in [0.25, 0.3) is 5.56 Å². The van der Waals surface area contributed by atoms with Crippen molar-refractivity contribution in [2.75, 3.05) is 13.7 Å². The highest BCUT2D eigenvalue weighted by molar-refractivity contribution is 6.01. The second kappa shape index (κ2) is 8.28. The molecule has 0 bridgehead atoms. The average molecular weight is 407 g/mol. The van der Waals surface area contributed by atoms with Gasteiger partial charge in [0.2, 0.25) is 11.5 Å². The van der Waals surface area contributed by atoms with Crippen molar-refractivity contribution in [1.82, 2.24) is 14.9 Å². The van der Waals surface area contributed by atoms with E-state index in [9.17, 15) is 9.59 Å². The number of para-hydroxylation sites is 1. The molecule has 0 fully saturated rings. The number of benzene rings is 2. The molecule has 0 spiro atoms. The number of aromatic nitrogens is 2. The van der Waals surface area contributed by atoms with Gasteiger partial charge >= 0.3 is 0 Å². The molecule has 0 atom stereocenters. The van der Waals surface area contributed by atoms with Gasteiger partial charge in [0, 0.05) is 11.9 Å². The fourth-order valence-corrected chi connectivity index (χ4v) is 3.24. The molecule has 1 N–H and O–H groups in total. The molecule has 154 valence electrons. The van der Waals surface area contributed by atoms with Crippen molar-refractivity contribution in [2.24, 2.45) is 0 Å². The first-order valence-electron chi connectivity index (χ1n) is 9.53. The van der Waals surface area contributed by atoms with Gasteiger partial charge in [0.05, 0.1) is 20.0 Å². The standard InChI is InChI=1S/C22H21N3O5/c1-3-29-17-9-8-14(10-18(17)28-2)11-23-19(26)12-25-13-24-20-15-6-4-5-7-16(15)30-21(20)22(25)27/h4-10,13H,3,11-12H2,1-2H3,(H,23,26). The van der Waals surface area contributed by atoms with Crippen LogP contribution in [0.25, 0.3) is 22.1 Å². The Morgan fingerprint density at radius 1 is 1.20 bits per heavy atom. The number of rotatable bonds is 7. The van der Waals surface area contributed by atoms with Gasteiger partial charge in [0.15, 0.2) is 11.5 Å². The summed E-state index contributed by atoms with van der Waals surface area (Å²) in [4.78, 5) is 29.4. The summed E-state index contributed by atoms with van der Waals surface area (Å²) in [7, 11) is 1.56. The summed E-state index contributed by atoms with van der Waals surface area (Å²) in [5, 5.41) is 3.57. The van der Waals surface area contributed by atoms with E-state index in [2.05, 4.69) is 10.3 Å². The summed E-state index contributed by atoms with van der Waals surface area (Å²) in [6, 6.07) is 12.8. The van der Waals surface area contributed by atoms with Crippen LogP contribution in [-0.4, -0.2) is 29.2 Å². The predicted octanol–water partition coefficient (Wildman–Crippen LogP) is 2.87. The molecular formula is C22H21N3O5. The minimum Gasteiger partial charge on any atom is -0.493 e. The van der Waals surface area contributed by atoms with Crippen molar-refractivity contribution < 1.29 is 18.7 Å². The van der Waals surface area contributed by atoms with Gasteiger partial charge < -0.3 is 19.2 Å². The molecule has 2 heterocycles. The molecule has 0 saturated carbocycles. The Morgan fingerprint density at radius 2 is 2.03 bits per heavy atom. The highest BCUT2D eigenvalue weighted by Crippen LogP contribution is 2.28. The van der Waals surface area contributed by atoms with Gasteiger partial charge in [0.1, 0.15) is 17.6 Å². The Bertz CT molecular complexity index is 1270. The van der Waals surface area contributed by atoms with Crippen LogP contribution < -0.4 is 20.3 Å². The normalized spacial score (nSPS) is 11.0. The highest BCUT2D eigenvalue weighted by atomic mass is 16.5. The fraction of sp³-hybridized carbons (Fsp3) is 0.227. The maximum atomic E-state index is 12.7. The Morgan fingerprint density at radius 3 is 2.83 bits per heavy atom. The molecule has 8 heteroatoms. The minimum absolute atomic E-state index is 0.141. The zero-order chi connectivity index (χ0) is 21.1. The highest BCUT2D eigenvalue weighted by Gasteiger charge is 2.14. The van der Waals surface area contributed by atoms with E-state index in [-0.39, 0.29) is 24.6 Å². The largest absolute Gasteiger partial charge is 0.493 e. The van der Waals surface area contributed by atoms with Crippen molar-refractivity contribution in [3.63, 3.8) is 0 Å². The Kier molecular flexibility index (Phi) is 5.38. The third-order valence-electron chi connectivity index (χ3n) is 4.68. The molecule has 0 aliphatic carbocycles. The van der Waals surface area contributed by atoms with E-state index >= 15 is 0 Å². The Labute approximate surface area is 172 Å². The predicted molar refractivity (Wildman–Crippen MR) is 112 cm³/mol. The van der Waals surface area contributed by atoms with Crippen LogP contribution in [0.2, 0.25) is 0 Å². The number of hydrogen-bond donors (Lipinski definition) is 1.